The van der Waals surface area contributed by atoms with E-state index in [0.717, 1.165) is 29.5 Å². The van der Waals surface area contributed by atoms with Gasteiger partial charge in [0.1, 0.15) is 4.99 Å². The van der Waals surface area contributed by atoms with Crippen molar-refractivity contribution in [1.82, 2.24) is 0 Å². The molecule has 1 fully saturated rings. The van der Waals surface area contributed by atoms with Crippen molar-refractivity contribution in [3.63, 3.8) is 0 Å². The molecule has 1 aliphatic carbocycles. The number of thiocarbonyl (C=S) groups is 1. The third-order valence-corrected chi connectivity index (χ3v) is 4.64. The minimum atomic E-state index is 0.477. The molecule has 2 rings (SSSR count). The van der Waals surface area contributed by atoms with Crippen molar-refractivity contribution in [2.24, 2.45) is 17.6 Å². The first-order valence-electron chi connectivity index (χ1n) is 7.70. The molecular weight excluding hydrogens is 264 g/mol. The lowest BCUT2D eigenvalue weighted by Crippen LogP contribution is -2.16. The molecule has 0 spiro atoms. The number of anilines is 1. The Kier molecular flexibility index (Phi) is 5.41. The van der Waals surface area contributed by atoms with Gasteiger partial charge < -0.3 is 11.1 Å². The van der Waals surface area contributed by atoms with Crippen molar-refractivity contribution < 1.29 is 0 Å². The lowest BCUT2D eigenvalue weighted by Gasteiger charge is -2.26. The van der Waals surface area contributed by atoms with Crippen LogP contribution in [0.5, 0.6) is 0 Å². The van der Waals surface area contributed by atoms with Crippen LogP contribution in [0, 0.1) is 18.8 Å². The van der Waals surface area contributed by atoms with Crippen molar-refractivity contribution in [2.45, 2.75) is 46.0 Å². The highest BCUT2D eigenvalue weighted by Gasteiger charge is 2.18. The molecule has 0 radical (unpaired) electrons. The molecule has 3 N–H and O–H groups in total. The zero-order chi connectivity index (χ0) is 14.5. The number of aryl methyl sites for hydroxylation is 1. The Morgan fingerprint density at radius 2 is 2.20 bits per heavy atom. The monoisotopic (exact) mass is 290 g/mol. The second-order valence-corrected chi connectivity index (χ2v) is 6.69. The maximum Gasteiger partial charge on any atom is 0.104 e. The van der Waals surface area contributed by atoms with Gasteiger partial charge in [-0.25, -0.2) is 0 Å². The molecule has 2 nitrogen and oxygen atoms in total. The van der Waals surface area contributed by atoms with E-state index in [0.29, 0.717) is 4.99 Å². The summed E-state index contributed by atoms with van der Waals surface area (Å²) < 4.78 is 0. The molecule has 2 unspecified atom stereocenters. The van der Waals surface area contributed by atoms with Gasteiger partial charge in [0.2, 0.25) is 0 Å². The van der Waals surface area contributed by atoms with Gasteiger partial charge in [-0.05, 0) is 55.4 Å². The molecular formula is C17H26N2S. The average molecular weight is 290 g/mol. The summed E-state index contributed by atoms with van der Waals surface area (Å²) in [6.45, 7) is 5.50. The molecule has 0 heterocycles. The Labute approximate surface area is 128 Å². The van der Waals surface area contributed by atoms with E-state index in [1.54, 1.807) is 0 Å². The second kappa shape index (κ2) is 7.07. The van der Waals surface area contributed by atoms with E-state index < -0.39 is 0 Å². The summed E-state index contributed by atoms with van der Waals surface area (Å²) in [4.78, 5) is 0.477. The molecule has 0 saturated heterocycles. The smallest absolute Gasteiger partial charge is 0.104 e. The van der Waals surface area contributed by atoms with Crippen molar-refractivity contribution >= 4 is 22.9 Å². The number of benzene rings is 1. The normalized spacial score (nSPS) is 22.5. The first-order valence-corrected chi connectivity index (χ1v) is 8.11. The van der Waals surface area contributed by atoms with Gasteiger partial charge in [0.05, 0.1) is 0 Å². The minimum Gasteiger partial charge on any atom is -0.389 e. The lowest BCUT2D eigenvalue weighted by molar-refractivity contribution is 0.274. The van der Waals surface area contributed by atoms with Crippen molar-refractivity contribution in [3.8, 4) is 0 Å². The number of hydrogen-bond donors (Lipinski definition) is 2. The van der Waals surface area contributed by atoms with Crippen molar-refractivity contribution in [2.75, 3.05) is 11.9 Å². The molecule has 1 aromatic carbocycles. The van der Waals surface area contributed by atoms with E-state index >= 15 is 0 Å². The van der Waals surface area contributed by atoms with Gasteiger partial charge in [0.15, 0.2) is 0 Å². The number of nitrogens with one attached hydrogen (secondary N) is 1. The van der Waals surface area contributed by atoms with Crippen LogP contribution in [-0.2, 0) is 0 Å². The summed E-state index contributed by atoms with van der Waals surface area (Å²) >= 11 is 5.03. The highest BCUT2D eigenvalue weighted by molar-refractivity contribution is 7.80. The first-order chi connectivity index (χ1) is 9.56. The predicted molar refractivity (Wildman–Crippen MR) is 91.3 cm³/mol. The third kappa shape index (κ3) is 4.20. The molecule has 1 aromatic rings. The van der Waals surface area contributed by atoms with E-state index in [1.165, 1.54) is 37.8 Å². The van der Waals surface area contributed by atoms with E-state index in [-0.39, 0.29) is 0 Å². The Morgan fingerprint density at radius 1 is 1.40 bits per heavy atom. The summed E-state index contributed by atoms with van der Waals surface area (Å²) in [5.74, 6) is 1.82. The molecule has 0 amide bonds. The van der Waals surface area contributed by atoms with Crippen LogP contribution in [0.3, 0.4) is 0 Å². The summed E-state index contributed by atoms with van der Waals surface area (Å²) in [7, 11) is 0. The summed E-state index contributed by atoms with van der Waals surface area (Å²) in [5, 5.41) is 3.53. The van der Waals surface area contributed by atoms with Gasteiger partial charge in [-0.1, -0.05) is 38.4 Å². The zero-order valence-corrected chi connectivity index (χ0v) is 13.4. The van der Waals surface area contributed by atoms with E-state index in [2.05, 4.69) is 31.3 Å². The van der Waals surface area contributed by atoms with Crippen LogP contribution in [0.2, 0.25) is 0 Å². The summed E-state index contributed by atoms with van der Waals surface area (Å²) in [5.41, 5.74) is 8.98. The van der Waals surface area contributed by atoms with Gasteiger partial charge in [-0.2, -0.15) is 0 Å². The number of hydrogen-bond acceptors (Lipinski definition) is 2. The molecule has 1 aliphatic rings. The second-order valence-electron chi connectivity index (χ2n) is 6.25. The van der Waals surface area contributed by atoms with Gasteiger partial charge in [0, 0.05) is 17.8 Å². The van der Waals surface area contributed by atoms with Crippen LogP contribution in [0.4, 0.5) is 5.69 Å². The van der Waals surface area contributed by atoms with Crippen LogP contribution in [0.15, 0.2) is 18.2 Å². The standard InChI is InChI=1S/C17H26N2S/c1-12-4-3-5-14(10-12)8-9-19-15-6-7-16(17(18)20)13(2)11-15/h6-7,11-12,14,19H,3-5,8-10H2,1-2H3,(H2,18,20). The maximum atomic E-state index is 5.69. The maximum absolute atomic E-state index is 5.69. The Hall–Kier alpha value is -1.09. The first kappa shape index (κ1) is 15.3. The zero-order valence-electron chi connectivity index (χ0n) is 12.6. The van der Waals surface area contributed by atoms with Crippen LogP contribution >= 0.6 is 12.2 Å². The summed E-state index contributed by atoms with van der Waals surface area (Å²) in [6, 6.07) is 6.23. The molecule has 0 bridgehead atoms. The lowest BCUT2D eigenvalue weighted by atomic mass is 9.81. The van der Waals surface area contributed by atoms with Crippen LogP contribution in [0.1, 0.15) is 50.2 Å². The molecule has 3 heteroatoms. The number of rotatable bonds is 5. The molecule has 110 valence electrons. The largest absolute Gasteiger partial charge is 0.389 e. The molecule has 20 heavy (non-hydrogen) atoms. The molecule has 2 atom stereocenters. The topological polar surface area (TPSA) is 38.0 Å². The van der Waals surface area contributed by atoms with E-state index in [9.17, 15) is 0 Å². The van der Waals surface area contributed by atoms with Gasteiger partial charge >= 0.3 is 0 Å². The van der Waals surface area contributed by atoms with Crippen molar-refractivity contribution in [1.29, 1.82) is 0 Å². The van der Waals surface area contributed by atoms with Gasteiger partial charge in [-0.3, -0.25) is 0 Å². The quantitative estimate of drug-likeness (QED) is 0.796. The van der Waals surface area contributed by atoms with Crippen molar-refractivity contribution in [3.05, 3.63) is 29.3 Å². The van der Waals surface area contributed by atoms with E-state index in [1.807, 2.05) is 6.07 Å². The van der Waals surface area contributed by atoms with Crippen LogP contribution in [0.25, 0.3) is 0 Å². The molecule has 1 saturated carbocycles. The third-order valence-electron chi connectivity index (χ3n) is 4.42. The SMILES string of the molecule is Cc1cc(NCCC2CCCC(C)C2)ccc1C(N)=S. The summed E-state index contributed by atoms with van der Waals surface area (Å²) in [6.07, 6.45) is 6.92. The van der Waals surface area contributed by atoms with E-state index in [4.69, 9.17) is 18.0 Å². The Bertz CT molecular complexity index is 470. The minimum absolute atomic E-state index is 0.477. The van der Waals surface area contributed by atoms with Gasteiger partial charge in [-0.15, -0.1) is 0 Å². The molecule has 0 aromatic heterocycles. The fourth-order valence-electron chi connectivity index (χ4n) is 3.29. The highest BCUT2D eigenvalue weighted by Crippen LogP contribution is 2.30. The molecule has 0 aliphatic heterocycles. The fourth-order valence-corrected chi connectivity index (χ4v) is 3.52. The number of nitrogens with two attached hydrogens (primary N) is 1. The Morgan fingerprint density at radius 3 is 2.85 bits per heavy atom. The Balaban J connectivity index is 1.82. The average Bonchev–Trinajstić information content (AvgIpc) is 2.38. The highest BCUT2D eigenvalue weighted by atomic mass is 32.1. The van der Waals surface area contributed by atoms with Gasteiger partial charge in [0.25, 0.3) is 0 Å². The van der Waals surface area contributed by atoms with Crippen LogP contribution in [-0.4, -0.2) is 11.5 Å². The predicted octanol–water partition coefficient (Wildman–Crippen LogP) is 4.26. The fraction of sp³-hybridized carbons (Fsp3) is 0.588. The van der Waals surface area contributed by atoms with Crippen LogP contribution < -0.4 is 11.1 Å².